The fraction of sp³-hybridized carbons (Fsp3) is 0.333. The van der Waals surface area contributed by atoms with Gasteiger partial charge in [-0.2, -0.15) is 0 Å². The number of hydrogen-bond acceptors (Lipinski definition) is 0. The third kappa shape index (κ3) is 2.43. The van der Waals surface area contributed by atoms with Crippen LogP contribution in [0.4, 0.5) is 0 Å². The zero-order valence-electron chi connectivity index (χ0n) is 7.73. The van der Waals surface area contributed by atoms with Gasteiger partial charge in [-0.15, -0.1) is 0 Å². The molecule has 0 aliphatic rings. The second-order valence-corrected chi connectivity index (χ2v) is 5.78. The van der Waals surface area contributed by atoms with Crippen molar-refractivity contribution in [3.8, 4) is 0 Å². The van der Waals surface area contributed by atoms with E-state index in [9.17, 15) is 0 Å². The van der Waals surface area contributed by atoms with Gasteiger partial charge in [0.2, 0.25) is 0 Å². The van der Waals surface area contributed by atoms with Gasteiger partial charge >= 0.3 is 0 Å². The molecule has 1 aromatic rings. The number of hydrogen-bond donors (Lipinski definition) is 0. The van der Waals surface area contributed by atoms with Crippen LogP contribution in [0, 0.1) is 0 Å². The summed E-state index contributed by atoms with van der Waals surface area (Å²) in [5.74, 6) is 0. The van der Waals surface area contributed by atoms with E-state index in [0.29, 0.717) is 0 Å². The van der Waals surface area contributed by atoms with E-state index in [4.69, 9.17) is 0 Å². The van der Waals surface area contributed by atoms with Crippen molar-refractivity contribution in [3.63, 3.8) is 0 Å². The lowest BCUT2D eigenvalue weighted by molar-refractivity contribution is 1.87. The van der Waals surface area contributed by atoms with Crippen LogP contribution in [-0.2, 0) is 0 Å². The quantitative estimate of drug-likeness (QED) is 0.599. The van der Waals surface area contributed by atoms with E-state index in [1.54, 1.807) is 0 Å². The van der Waals surface area contributed by atoms with E-state index in [1.807, 2.05) is 0 Å². The van der Waals surface area contributed by atoms with Crippen LogP contribution in [0.1, 0.15) is 0 Å². The lowest BCUT2D eigenvalue weighted by Crippen LogP contribution is -2.29. The largest absolute Gasteiger partial charge is 0.0773 e. The minimum absolute atomic E-state index is 0.938. The summed E-state index contributed by atoms with van der Waals surface area (Å²) in [6.07, 6.45) is 0. The summed E-state index contributed by atoms with van der Waals surface area (Å²) in [6.45, 7) is 6.75. The first kappa shape index (κ1) is 9.95. The molecule has 3 heteroatoms. The predicted molar refractivity (Wildman–Crippen MR) is 60.2 cm³/mol. The summed E-state index contributed by atoms with van der Waals surface area (Å²) in [7, 11) is 2.81. The Morgan fingerprint density at radius 2 is 0.917 bits per heavy atom. The van der Waals surface area contributed by atoms with Crippen LogP contribution in [0.5, 0.6) is 0 Å². The van der Waals surface area contributed by atoms with Crippen LogP contribution in [0.2, 0.25) is 19.6 Å². The van der Waals surface area contributed by atoms with Crippen LogP contribution in [0.3, 0.4) is 0 Å². The second kappa shape index (κ2) is 4.79. The molecule has 1 aromatic carbocycles. The Bertz CT molecular complexity index is 203. The SMILES string of the molecule is C[Si]c1cc([Si]C)cc([Si]C)c1. The summed E-state index contributed by atoms with van der Waals surface area (Å²) in [6, 6.07) is 7.04. The molecule has 60 valence electrons. The first-order valence-electron chi connectivity index (χ1n) is 3.98. The molecule has 0 saturated carbocycles. The van der Waals surface area contributed by atoms with Gasteiger partial charge in [0, 0.05) is 0 Å². The van der Waals surface area contributed by atoms with E-state index in [1.165, 1.54) is 15.6 Å². The van der Waals surface area contributed by atoms with Gasteiger partial charge in [-0.3, -0.25) is 0 Å². The summed E-state index contributed by atoms with van der Waals surface area (Å²) in [5, 5.41) is 4.56. The third-order valence-electron chi connectivity index (χ3n) is 1.80. The molecule has 1 rings (SSSR count). The molecule has 0 fully saturated rings. The first-order valence-corrected chi connectivity index (χ1v) is 8.48. The van der Waals surface area contributed by atoms with Crippen LogP contribution in [0.15, 0.2) is 18.2 Å². The minimum Gasteiger partial charge on any atom is -0.0688 e. The van der Waals surface area contributed by atoms with Crippen LogP contribution in [0.25, 0.3) is 0 Å². The Morgan fingerprint density at radius 3 is 1.08 bits per heavy atom. The molecule has 0 amide bonds. The van der Waals surface area contributed by atoms with Crippen molar-refractivity contribution >= 4 is 44.1 Å². The molecule has 6 radical (unpaired) electrons. The molecule has 12 heavy (non-hydrogen) atoms. The Morgan fingerprint density at radius 1 is 0.667 bits per heavy atom. The molecule has 0 atom stereocenters. The highest BCUT2D eigenvalue weighted by Crippen LogP contribution is 1.78. The molecule has 0 aliphatic carbocycles. The van der Waals surface area contributed by atoms with E-state index in [2.05, 4.69) is 37.8 Å². The fourth-order valence-corrected chi connectivity index (χ4v) is 3.29. The molecule has 0 spiro atoms. The Kier molecular flexibility index (Phi) is 3.97. The molecular formula is C9H12Si3. The molecule has 0 aromatic heterocycles. The molecule has 0 heterocycles. The van der Waals surface area contributed by atoms with Gasteiger partial charge in [-0.05, 0) is 0 Å². The first-order chi connectivity index (χ1) is 5.80. The molecule has 0 unspecified atom stereocenters. The number of benzene rings is 1. The second-order valence-electron chi connectivity index (χ2n) is 2.55. The highest BCUT2D eigenvalue weighted by molar-refractivity contribution is 6.60. The van der Waals surface area contributed by atoms with Gasteiger partial charge in [0.15, 0.2) is 0 Å². The highest BCUT2D eigenvalue weighted by Gasteiger charge is 1.97. The monoisotopic (exact) mass is 204 g/mol. The van der Waals surface area contributed by atoms with Gasteiger partial charge in [-0.25, -0.2) is 0 Å². The Balaban J connectivity index is 3.01. The van der Waals surface area contributed by atoms with Crippen molar-refractivity contribution in [2.45, 2.75) is 19.6 Å². The van der Waals surface area contributed by atoms with Crippen molar-refractivity contribution in [1.82, 2.24) is 0 Å². The Hall–Kier alpha value is -0.129. The zero-order chi connectivity index (χ0) is 8.97. The highest BCUT2D eigenvalue weighted by atomic mass is 28.2. The van der Waals surface area contributed by atoms with Gasteiger partial charge in [0.1, 0.15) is 0 Å². The maximum Gasteiger partial charge on any atom is 0.0773 e. The minimum atomic E-state index is 0.938. The molecule has 0 saturated heterocycles. The molecule has 0 N–H and O–H groups in total. The maximum atomic E-state index is 2.35. The lowest BCUT2D eigenvalue weighted by atomic mass is 10.3. The fourth-order valence-electron chi connectivity index (χ4n) is 1.06. The van der Waals surface area contributed by atoms with Crippen molar-refractivity contribution in [2.24, 2.45) is 0 Å². The molecular weight excluding hydrogens is 192 g/mol. The average Bonchev–Trinajstić information content (AvgIpc) is 2.16. The normalized spacial score (nSPS) is 10.2. The topological polar surface area (TPSA) is 0 Å². The van der Waals surface area contributed by atoms with Crippen LogP contribution >= 0.6 is 0 Å². The molecule has 0 aliphatic heterocycles. The summed E-state index contributed by atoms with van der Waals surface area (Å²) < 4.78 is 0. The maximum absolute atomic E-state index is 2.35. The van der Waals surface area contributed by atoms with E-state index >= 15 is 0 Å². The van der Waals surface area contributed by atoms with E-state index < -0.39 is 0 Å². The van der Waals surface area contributed by atoms with Gasteiger partial charge in [0.05, 0.1) is 28.6 Å². The van der Waals surface area contributed by atoms with Crippen molar-refractivity contribution in [1.29, 1.82) is 0 Å². The molecule has 0 bridgehead atoms. The predicted octanol–water partition coefficient (Wildman–Crippen LogP) is -0.181. The summed E-state index contributed by atoms with van der Waals surface area (Å²) in [5.41, 5.74) is 0. The lowest BCUT2D eigenvalue weighted by Gasteiger charge is -2.04. The zero-order valence-corrected chi connectivity index (χ0v) is 10.7. The van der Waals surface area contributed by atoms with Gasteiger partial charge in [-0.1, -0.05) is 53.4 Å². The van der Waals surface area contributed by atoms with Crippen molar-refractivity contribution in [3.05, 3.63) is 18.2 Å². The smallest absolute Gasteiger partial charge is 0.0688 e. The summed E-state index contributed by atoms with van der Waals surface area (Å²) in [4.78, 5) is 0. The standard InChI is InChI=1S/C9H12Si3/c1-10-7-4-8(11-2)6-9(5-7)12-3/h4-6H,1-3H3. The van der Waals surface area contributed by atoms with Crippen LogP contribution in [-0.4, -0.2) is 28.6 Å². The van der Waals surface area contributed by atoms with E-state index in [0.717, 1.165) is 28.6 Å². The van der Waals surface area contributed by atoms with Crippen LogP contribution < -0.4 is 15.6 Å². The number of rotatable bonds is 3. The molecule has 0 nitrogen and oxygen atoms in total. The van der Waals surface area contributed by atoms with Gasteiger partial charge < -0.3 is 0 Å². The summed E-state index contributed by atoms with van der Waals surface area (Å²) >= 11 is 0. The average molecular weight is 204 g/mol. The van der Waals surface area contributed by atoms with Crippen molar-refractivity contribution < 1.29 is 0 Å². The Labute approximate surface area is 82.2 Å². The van der Waals surface area contributed by atoms with Crippen molar-refractivity contribution in [2.75, 3.05) is 0 Å². The third-order valence-corrected chi connectivity index (χ3v) is 4.40. The van der Waals surface area contributed by atoms with E-state index in [-0.39, 0.29) is 0 Å². The van der Waals surface area contributed by atoms with Gasteiger partial charge in [0.25, 0.3) is 0 Å².